The van der Waals surface area contributed by atoms with E-state index in [1.807, 2.05) is 48.5 Å². The minimum Gasteiger partial charge on any atom is -0.493 e. The summed E-state index contributed by atoms with van der Waals surface area (Å²) in [5.74, 6) is 1.41. The molecule has 6 nitrogen and oxygen atoms in total. The molecule has 0 unspecified atom stereocenters. The maximum absolute atomic E-state index is 10.5. The Morgan fingerprint density at radius 1 is 0.931 bits per heavy atom. The zero-order valence-corrected chi connectivity index (χ0v) is 17.7. The summed E-state index contributed by atoms with van der Waals surface area (Å²) in [5.41, 5.74) is 2.19. The molecule has 0 fully saturated rings. The Morgan fingerprint density at radius 3 is 2.38 bits per heavy atom. The highest BCUT2D eigenvalue weighted by molar-refractivity contribution is 5.42. The molecule has 0 radical (unpaired) electrons. The normalized spacial score (nSPS) is 12.2. The number of rotatable bonds is 14. The SMILES string of the molecule is COCCCN(Cc1ccc(OC)c(OC)c1)C[C@H](O)COCc1ccccc1. The van der Waals surface area contributed by atoms with E-state index >= 15 is 0 Å². The van der Waals surface area contributed by atoms with Crippen LogP contribution in [0.1, 0.15) is 17.5 Å². The topological polar surface area (TPSA) is 60.4 Å². The van der Waals surface area contributed by atoms with E-state index in [4.69, 9.17) is 18.9 Å². The minimum atomic E-state index is -0.568. The Balaban J connectivity index is 1.90. The van der Waals surface area contributed by atoms with E-state index in [-0.39, 0.29) is 0 Å². The number of aliphatic hydroxyl groups is 1. The molecule has 29 heavy (non-hydrogen) atoms. The monoisotopic (exact) mass is 403 g/mol. The van der Waals surface area contributed by atoms with Gasteiger partial charge in [-0.1, -0.05) is 36.4 Å². The molecule has 0 bridgehead atoms. The fraction of sp³-hybridized carbons (Fsp3) is 0.478. The zero-order chi connectivity index (χ0) is 20.9. The third-order valence-corrected chi connectivity index (χ3v) is 4.57. The second-order valence-electron chi connectivity index (χ2n) is 6.93. The van der Waals surface area contributed by atoms with Gasteiger partial charge in [0.15, 0.2) is 11.5 Å². The van der Waals surface area contributed by atoms with Crippen molar-refractivity contribution >= 4 is 0 Å². The summed E-state index contributed by atoms with van der Waals surface area (Å²) >= 11 is 0. The Labute approximate surface area is 174 Å². The van der Waals surface area contributed by atoms with Gasteiger partial charge in [-0.3, -0.25) is 4.90 Å². The van der Waals surface area contributed by atoms with Gasteiger partial charge in [-0.25, -0.2) is 0 Å². The van der Waals surface area contributed by atoms with Crippen LogP contribution in [0, 0.1) is 0 Å². The number of hydrogen-bond donors (Lipinski definition) is 1. The average molecular weight is 404 g/mol. The summed E-state index contributed by atoms with van der Waals surface area (Å²) in [6.45, 7) is 3.51. The molecule has 0 spiro atoms. The lowest BCUT2D eigenvalue weighted by atomic mass is 10.1. The van der Waals surface area contributed by atoms with E-state index in [9.17, 15) is 5.11 Å². The number of methoxy groups -OCH3 is 3. The predicted molar refractivity (Wildman–Crippen MR) is 113 cm³/mol. The lowest BCUT2D eigenvalue weighted by Gasteiger charge is -2.25. The molecule has 0 saturated heterocycles. The average Bonchev–Trinajstić information content (AvgIpc) is 2.74. The highest BCUT2D eigenvalue weighted by atomic mass is 16.5. The molecule has 1 atom stereocenters. The Hall–Kier alpha value is -2.12. The zero-order valence-electron chi connectivity index (χ0n) is 17.7. The van der Waals surface area contributed by atoms with Crippen LogP contribution in [0.4, 0.5) is 0 Å². The van der Waals surface area contributed by atoms with E-state index in [1.165, 1.54) is 0 Å². The van der Waals surface area contributed by atoms with Crippen LogP contribution in [0.15, 0.2) is 48.5 Å². The first-order chi connectivity index (χ1) is 14.2. The molecule has 0 aliphatic rings. The van der Waals surface area contributed by atoms with Crippen molar-refractivity contribution in [2.75, 3.05) is 47.6 Å². The van der Waals surface area contributed by atoms with Crippen molar-refractivity contribution in [1.82, 2.24) is 4.90 Å². The lowest BCUT2D eigenvalue weighted by molar-refractivity contribution is 0.00738. The molecule has 0 aromatic heterocycles. The van der Waals surface area contributed by atoms with Crippen molar-refractivity contribution in [3.8, 4) is 11.5 Å². The van der Waals surface area contributed by atoms with Crippen molar-refractivity contribution < 1.29 is 24.1 Å². The minimum absolute atomic E-state index is 0.293. The number of ether oxygens (including phenoxy) is 4. The highest BCUT2D eigenvalue weighted by Crippen LogP contribution is 2.28. The van der Waals surface area contributed by atoms with Crippen molar-refractivity contribution in [3.63, 3.8) is 0 Å². The van der Waals surface area contributed by atoms with E-state index < -0.39 is 6.10 Å². The predicted octanol–water partition coefficient (Wildman–Crippen LogP) is 3.12. The summed E-state index contributed by atoms with van der Waals surface area (Å²) in [6.07, 6.45) is 0.322. The van der Waals surface area contributed by atoms with Gasteiger partial charge in [0, 0.05) is 33.4 Å². The van der Waals surface area contributed by atoms with Gasteiger partial charge in [0.05, 0.1) is 33.5 Å². The number of aliphatic hydroxyl groups excluding tert-OH is 1. The van der Waals surface area contributed by atoms with Crippen LogP contribution >= 0.6 is 0 Å². The maximum Gasteiger partial charge on any atom is 0.161 e. The molecule has 0 aliphatic carbocycles. The van der Waals surface area contributed by atoms with Gasteiger partial charge in [0.1, 0.15) is 0 Å². The molecule has 0 aliphatic heterocycles. The number of benzene rings is 2. The van der Waals surface area contributed by atoms with Crippen LogP contribution in [-0.2, 0) is 22.6 Å². The van der Waals surface area contributed by atoms with Crippen molar-refractivity contribution in [3.05, 3.63) is 59.7 Å². The molecule has 2 rings (SSSR count). The quantitative estimate of drug-likeness (QED) is 0.489. The van der Waals surface area contributed by atoms with Crippen LogP contribution in [0.2, 0.25) is 0 Å². The van der Waals surface area contributed by atoms with Gasteiger partial charge >= 0.3 is 0 Å². The maximum atomic E-state index is 10.5. The van der Waals surface area contributed by atoms with Crippen molar-refractivity contribution in [2.45, 2.75) is 25.7 Å². The third kappa shape index (κ3) is 8.41. The second kappa shape index (κ2) is 13.2. The fourth-order valence-electron chi connectivity index (χ4n) is 3.14. The third-order valence-electron chi connectivity index (χ3n) is 4.57. The molecule has 0 amide bonds. The van der Waals surface area contributed by atoms with Crippen LogP contribution in [0.5, 0.6) is 11.5 Å². The first kappa shape index (κ1) is 23.2. The van der Waals surface area contributed by atoms with E-state index in [2.05, 4.69) is 4.90 Å². The van der Waals surface area contributed by atoms with Crippen molar-refractivity contribution in [1.29, 1.82) is 0 Å². The highest BCUT2D eigenvalue weighted by Gasteiger charge is 2.14. The Morgan fingerprint density at radius 2 is 1.69 bits per heavy atom. The number of hydrogen-bond acceptors (Lipinski definition) is 6. The molecule has 6 heteroatoms. The van der Waals surface area contributed by atoms with Crippen LogP contribution in [0.25, 0.3) is 0 Å². The summed E-state index contributed by atoms with van der Waals surface area (Å²) in [6, 6.07) is 15.9. The van der Waals surface area contributed by atoms with Gasteiger partial charge in [-0.05, 0) is 29.7 Å². The molecular formula is C23H33NO5. The fourth-order valence-corrected chi connectivity index (χ4v) is 3.14. The van der Waals surface area contributed by atoms with E-state index in [0.29, 0.717) is 44.4 Å². The summed E-state index contributed by atoms with van der Waals surface area (Å²) < 4.78 is 21.6. The number of nitrogens with zero attached hydrogens (tertiary/aromatic N) is 1. The van der Waals surface area contributed by atoms with Gasteiger partial charge in [-0.15, -0.1) is 0 Å². The van der Waals surface area contributed by atoms with Gasteiger partial charge < -0.3 is 24.1 Å². The van der Waals surface area contributed by atoms with E-state index in [1.54, 1.807) is 21.3 Å². The van der Waals surface area contributed by atoms with Crippen LogP contribution < -0.4 is 9.47 Å². The molecule has 0 saturated carbocycles. The molecule has 2 aromatic rings. The molecule has 2 aromatic carbocycles. The van der Waals surface area contributed by atoms with Gasteiger partial charge in [-0.2, -0.15) is 0 Å². The summed E-state index contributed by atoms with van der Waals surface area (Å²) in [4.78, 5) is 2.21. The summed E-state index contributed by atoms with van der Waals surface area (Å²) in [7, 11) is 4.96. The van der Waals surface area contributed by atoms with Crippen LogP contribution in [-0.4, -0.2) is 63.7 Å². The summed E-state index contributed by atoms with van der Waals surface area (Å²) in [5, 5.41) is 10.5. The Bertz CT molecular complexity index is 695. The van der Waals surface area contributed by atoms with Crippen LogP contribution in [0.3, 0.4) is 0 Å². The molecule has 160 valence electrons. The lowest BCUT2D eigenvalue weighted by Crippen LogP contribution is -2.35. The van der Waals surface area contributed by atoms with Gasteiger partial charge in [0.25, 0.3) is 0 Å². The first-order valence-corrected chi connectivity index (χ1v) is 9.88. The van der Waals surface area contributed by atoms with E-state index in [0.717, 1.165) is 24.1 Å². The second-order valence-corrected chi connectivity index (χ2v) is 6.93. The Kier molecular flexibility index (Phi) is 10.5. The largest absolute Gasteiger partial charge is 0.493 e. The molecule has 0 heterocycles. The molecular weight excluding hydrogens is 370 g/mol. The van der Waals surface area contributed by atoms with Crippen molar-refractivity contribution in [2.24, 2.45) is 0 Å². The molecule has 1 N–H and O–H groups in total. The first-order valence-electron chi connectivity index (χ1n) is 9.88. The standard InChI is InChI=1S/C23H33NO5/c1-26-13-7-12-24(15-20-10-11-22(27-2)23(14-20)28-3)16-21(25)18-29-17-19-8-5-4-6-9-19/h4-6,8-11,14,21,25H,7,12-13,15-18H2,1-3H3/t21-/m0/s1. The smallest absolute Gasteiger partial charge is 0.161 e. The van der Waals surface area contributed by atoms with Gasteiger partial charge in [0.2, 0.25) is 0 Å².